The molecule has 136 valence electrons. The minimum absolute atomic E-state index is 0.0741. The second-order valence-electron chi connectivity index (χ2n) is 6.68. The first-order valence-electron chi connectivity index (χ1n) is 9.07. The Labute approximate surface area is 148 Å². The lowest BCUT2D eigenvalue weighted by Gasteiger charge is -2.29. The Bertz CT molecular complexity index is 607. The summed E-state index contributed by atoms with van der Waals surface area (Å²) >= 11 is 0. The van der Waals surface area contributed by atoms with Gasteiger partial charge in [-0.15, -0.1) is 0 Å². The predicted octanol–water partition coefficient (Wildman–Crippen LogP) is 1.99. The number of hydrogen-bond donors (Lipinski definition) is 1. The Morgan fingerprint density at radius 2 is 1.96 bits per heavy atom. The van der Waals surface area contributed by atoms with Crippen molar-refractivity contribution in [3.05, 3.63) is 29.8 Å². The van der Waals surface area contributed by atoms with Crippen molar-refractivity contribution >= 4 is 11.8 Å². The fourth-order valence-corrected chi connectivity index (χ4v) is 3.31. The van der Waals surface area contributed by atoms with Crippen LogP contribution in [0.4, 0.5) is 0 Å². The maximum absolute atomic E-state index is 12.5. The Morgan fingerprint density at radius 1 is 1.24 bits per heavy atom. The summed E-state index contributed by atoms with van der Waals surface area (Å²) in [6.07, 6.45) is 4.79. The van der Waals surface area contributed by atoms with Crippen molar-refractivity contribution in [2.75, 3.05) is 26.3 Å². The van der Waals surface area contributed by atoms with E-state index in [0.29, 0.717) is 37.6 Å². The van der Waals surface area contributed by atoms with Crippen LogP contribution >= 0.6 is 0 Å². The van der Waals surface area contributed by atoms with Gasteiger partial charge in [-0.05, 0) is 50.8 Å². The van der Waals surface area contributed by atoms with Crippen LogP contribution in [0.2, 0.25) is 0 Å². The SMILES string of the molecule is C[C@H](NC(=O)c1cccc(OC2CCCC2)c1)C(=O)N1CCOCC1. The molecule has 2 aliphatic rings. The number of carbonyl (C=O) groups excluding carboxylic acids is 2. The van der Waals surface area contributed by atoms with Crippen LogP contribution in [0.3, 0.4) is 0 Å². The number of hydrogen-bond acceptors (Lipinski definition) is 4. The highest BCUT2D eigenvalue weighted by Crippen LogP contribution is 2.24. The lowest BCUT2D eigenvalue weighted by Crippen LogP contribution is -2.50. The van der Waals surface area contributed by atoms with E-state index in [9.17, 15) is 9.59 Å². The van der Waals surface area contributed by atoms with Crippen LogP contribution in [-0.2, 0) is 9.53 Å². The van der Waals surface area contributed by atoms with E-state index in [-0.39, 0.29) is 17.9 Å². The zero-order valence-corrected chi connectivity index (χ0v) is 14.7. The molecule has 6 nitrogen and oxygen atoms in total. The van der Waals surface area contributed by atoms with E-state index < -0.39 is 6.04 Å². The highest BCUT2D eigenvalue weighted by Gasteiger charge is 2.24. The molecular formula is C19H26N2O4. The van der Waals surface area contributed by atoms with Gasteiger partial charge in [-0.1, -0.05) is 6.07 Å². The number of amides is 2. The van der Waals surface area contributed by atoms with E-state index in [1.54, 1.807) is 24.0 Å². The summed E-state index contributed by atoms with van der Waals surface area (Å²) in [6.45, 7) is 3.96. The van der Waals surface area contributed by atoms with Crippen LogP contribution in [0.25, 0.3) is 0 Å². The fraction of sp³-hybridized carbons (Fsp3) is 0.579. The van der Waals surface area contributed by atoms with E-state index in [0.717, 1.165) is 12.8 Å². The third kappa shape index (κ3) is 4.72. The Balaban J connectivity index is 1.57. The second-order valence-corrected chi connectivity index (χ2v) is 6.68. The summed E-state index contributed by atoms with van der Waals surface area (Å²) in [4.78, 5) is 26.6. The summed E-state index contributed by atoms with van der Waals surface area (Å²) in [5.41, 5.74) is 0.511. The van der Waals surface area contributed by atoms with E-state index in [1.807, 2.05) is 12.1 Å². The molecule has 0 spiro atoms. The van der Waals surface area contributed by atoms with Crippen molar-refractivity contribution in [3.63, 3.8) is 0 Å². The average Bonchev–Trinajstić information content (AvgIpc) is 3.15. The first-order valence-corrected chi connectivity index (χ1v) is 9.07. The summed E-state index contributed by atoms with van der Waals surface area (Å²) in [5.74, 6) is 0.382. The molecule has 0 unspecified atom stereocenters. The zero-order chi connectivity index (χ0) is 17.6. The Kier molecular flexibility index (Phi) is 5.91. The van der Waals surface area contributed by atoms with Crippen LogP contribution in [0, 0.1) is 0 Å². The standard InChI is InChI=1S/C19H26N2O4/c1-14(19(23)21-9-11-24-12-10-21)20-18(22)15-5-4-8-17(13-15)25-16-6-2-3-7-16/h4-5,8,13-14,16H,2-3,6-7,9-12H2,1H3,(H,20,22)/t14-/m0/s1. The maximum atomic E-state index is 12.5. The molecule has 1 aromatic carbocycles. The van der Waals surface area contributed by atoms with Gasteiger partial charge in [-0.25, -0.2) is 0 Å². The molecule has 25 heavy (non-hydrogen) atoms. The molecule has 2 amide bonds. The van der Waals surface area contributed by atoms with Gasteiger partial charge in [0.25, 0.3) is 5.91 Å². The highest BCUT2D eigenvalue weighted by atomic mass is 16.5. The Hall–Kier alpha value is -2.08. The fourth-order valence-electron chi connectivity index (χ4n) is 3.31. The van der Waals surface area contributed by atoms with Gasteiger partial charge >= 0.3 is 0 Å². The molecule has 1 saturated heterocycles. The Morgan fingerprint density at radius 3 is 2.68 bits per heavy atom. The molecule has 1 heterocycles. The largest absolute Gasteiger partial charge is 0.490 e. The highest BCUT2D eigenvalue weighted by molar-refractivity contribution is 5.97. The van der Waals surface area contributed by atoms with Crippen LogP contribution in [-0.4, -0.2) is 55.2 Å². The third-order valence-corrected chi connectivity index (χ3v) is 4.74. The lowest BCUT2D eigenvalue weighted by atomic mass is 10.1. The molecule has 1 aliphatic heterocycles. The minimum Gasteiger partial charge on any atom is -0.490 e. The summed E-state index contributed by atoms with van der Waals surface area (Å²) < 4.78 is 11.2. The second kappa shape index (κ2) is 8.34. The van der Waals surface area contributed by atoms with Crippen LogP contribution in [0.5, 0.6) is 5.75 Å². The van der Waals surface area contributed by atoms with E-state index >= 15 is 0 Å². The van der Waals surface area contributed by atoms with Gasteiger partial charge in [0.15, 0.2) is 0 Å². The number of benzene rings is 1. The average molecular weight is 346 g/mol. The molecule has 1 N–H and O–H groups in total. The summed E-state index contributed by atoms with van der Waals surface area (Å²) in [7, 11) is 0. The summed E-state index contributed by atoms with van der Waals surface area (Å²) in [5, 5.41) is 2.79. The van der Waals surface area contributed by atoms with Gasteiger partial charge in [-0.2, -0.15) is 0 Å². The summed E-state index contributed by atoms with van der Waals surface area (Å²) in [6, 6.07) is 6.61. The van der Waals surface area contributed by atoms with Crippen molar-refractivity contribution in [2.24, 2.45) is 0 Å². The van der Waals surface area contributed by atoms with Gasteiger partial charge in [0.2, 0.25) is 5.91 Å². The number of nitrogens with one attached hydrogen (secondary N) is 1. The monoisotopic (exact) mass is 346 g/mol. The van der Waals surface area contributed by atoms with Crippen LogP contribution in [0.15, 0.2) is 24.3 Å². The molecule has 1 aliphatic carbocycles. The lowest BCUT2D eigenvalue weighted by molar-refractivity contribution is -0.136. The normalized spacial score (nSPS) is 19.5. The number of rotatable bonds is 5. The minimum atomic E-state index is -0.565. The first kappa shape index (κ1) is 17.7. The van der Waals surface area contributed by atoms with Gasteiger partial charge in [0.05, 0.1) is 19.3 Å². The first-order chi connectivity index (χ1) is 12.1. The maximum Gasteiger partial charge on any atom is 0.252 e. The van der Waals surface area contributed by atoms with E-state index in [4.69, 9.17) is 9.47 Å². The third-order valence-electron chi connectivity index (χ3n) is 4.74. The van der Waals surface area contributed by atoms with Crippen molar-refractivity contribution in [1.29, 1.82) is 0 Å². The molecule has 1 atom stereocenters. The number of carbonyl (C=O) groups is 2. The quantitative estimate of drug-likeness (QED) is 0.885. The van der Waals surface area contributed by atoms with E-state index in [2.05, 4.69) is 5.32 Å². The topological polar surface area (TPSA) is 67.9 Å². The van der Waals surface area contributed by atoms with Crippen LogP contribution < -0.4 is 10.1 Å². The van der Waals surface area contributed by atoms with Crippen molar-refractivity contribution in [2.45, 2.75) is 44.8 Å². The number of nitrogens with zero attached hydrogens (tertiary/aromatic N) is 1. The van der Waals surface area contributed by atoms with Crippen molar-refractivity contribution < 1.29 is 19.1 Å². The number of ether oxygens (including phenoxy) is 2. The molecule has 3 rings (SSSR count). The molecular weight excluding hydrogens is 320 g/mol. The molecule has 0 bridgehead atoms. The van der Waals surface area contributed by atoms with Gasteiger partial charge in [-0.3, -0.25) is 9.59 Å². The molecule has 1 aromatic rings. The molecule has 0 radical (unpaired) electrons. The van der Waals surface area contributed by atoms with E-state index in [1.165, 1.54) is 12.8 Å². The zero-order valence-electron chi connectivity index (χ0n) is 14.7. The molecule has 1 saturated carbocycles. The molecule has 6 heteroatoms. The molecule has 0 aromatic heterocycles. The van der Waals surface area contributed by atoms with Crippen molar-refractivity contribution in [1.82, 2.24) is 10.2 Å². The van der Waals surface area contributed by atoms with Crippen molar-refractivity contribution in [3.8, 4) is 5.75 Å². The van der Waals surface area contributed by atoms with Gasteiger partial charge < -0.3 is 19.7 Å². The number of morpholine rings is 1. The van der Waals surface area contributed by atoms with Gasteiger partial charge in [0, 0.05) is 18.7 Å². The molecule has 2 fully saturated rings. The smallest absolute Gasteiger partial charge is 0.252 e. The van der Waals surface area contributed by atoms with Crippen LogP contribution in [0.1, 0.15) is 43.0 Å². The van der Waals surface area contributed by atoms with Gasteiger partial charge in [0.1, 0.15) is 11.8 Å². The predicted molar refractivity (Wildman–Crippen MR) is 93.7 cm³/mol.